The molecule has 0 atom stereocenters. The van der Waals surface area contributed by atoms with Gasteiger partial charge in [0.2, 0.25) is 0 Å². The van der Waals surface area contributed by atoms with Gasteiger partial charge in [0, 0.05) is 22.7 Å². The van der Waals surface area contributed by atoms with Gasteiger partial charge in [-0.2, -0.15) is 4.99 Å². The van der Waals surface area contributed by atoms with Crippen molar-refractivity contribution in [2.24, 2.45) is 4.99 Å². The molecule has 22 heavy (non-hydrogen) atoms. The normalized spacial score (nSPS) is 11.6. The van der Waals surface area contributed by atoms with E-state index in [1.165, 1.54) is 7.11 Å². The van der Waals surface area contributed by atoms with Crippen LogP contribution in [0.4, 0.5) is 0 Å². The first-order chi connectivity index (χ1) is 10.8. The van der Waals surface area contributed by atoms with Crippen LogP contribution in [0.2, 0.25) is 0 Å². The van der Waals surface area contributed by atoms with Crippen LogP contribution < -0.4 is 0 Å². The molecule has 0 fully saturated rings. The van der Waals surface area contributed by atoms with Gasteiger partial charge in [-0.3, -0.25) is 4.79 Å². The summed E-state index contributed by atoms with van der Waals surface area (Å²) in [7, 11) is 1.53. The highest BCUT2D eigenvalue weighted by Crippen LogP contribution is 2.18. The van der Waals surface area contributed by atoms with Crippen molar-refractivity contribution in [3.8, 4) is 0 Å². The zero-order chi connectivity index (χ0) is 15.4. The number of benzene rings is 2. The molecule has 0 unspecified atom stereocenters. The van der Waals surface area contributed by atoms with E-state index in [2.05, 4.69) is 9.98 Å². The van der Waals surface area contributed by atoms with E-state index in [1.54, 1.807) is 12.1 Å². The van der Waals surface area contributed by atoms with Crippen molar-refractivity contribution in [2.45, 2.75) is 6.42 Å². The van der Waals surface area contributed by atoms with Crippen LogP contribution in [0.25, 0.3) is 10.9 Å². The number of ether oxygens (including phenoxy) is 1. The molecule has 1 amide bonds. The number of aromatic nitrogens is 1. The largest absolute Gasteiger partial charge is 0.484 e. The summed E-state index contributed by atoms with van der Waals surface area (Å²) in [5.41, 5.74) is 2.66. The Bertz CT molecular complexity index is 819. The van der Waals surface area contributed by atoms with Crippen LogP contribution in [0.1, 0.15) is 15.9 Å². The first-order valence-corrected chi connectivity index (χ1v) is 7.04. The Morgan fingerprint density at radius 1 is 1.09 bits per heavy atom. The average Bonchev–Trinajstić information content (AvgIpc) is 2.98. The van der Waals surface area contributed by atoms with Gasteiger partial charge < -0.3 is 9.72 Å². The lowest BCUT2D eigenvalue weighted by molar-refractivity contribution is 0.0999. The number of carbonyl (C=O) groups is 1. The van der Waals surface area contributed by atoms with Crippen LogP contribution in [0.5, 0.6) is 0 Å². The van der Waals surface area contributed by atoms with Crippen molar-refractivity contribution >= 4 is 22.7 Å². The zero-order valence-electron chi connectivity index (χ0n) is 12.2. The van der Waals surface area contributed by atoms with Gasteiger partial charge in [0.1, 0.15) is 0 Å². The number of H-pyrrole nitrogens is 1. The number of hydrogen-bond acceptors (Lipinski definition) is 2. The molecule has 0 bridgehead atoms. The topological polar surface area (TPSA) is 54.4 Å². The van der Waals surface area contributed by atoms with E-state index in [0.29, 0.717) is 17.9 Å². The molecule has 3 rings (SSSR count). The minimum absolute atomic E-state index is 0.294. The highest BCUT2D eigenvalue weighted by molar-refractivity contribution is 6.02. The lowest BCUT2D eigenvalue weighted by Crippen LogP contribution is -2.09. The first kappa shape index (κ1) is 14.1. The molecule has 2 aromatic carbocycles. The SMILES string of the molecule is COC(Cc1c[nH]c2ccccc12)=NC(=O)c1ccccc1. The minimum atomic E-state index is -0.294. The molecular weight excluding hydrogens is 276 g/mol. The first-order valence-electron chi connectivity index (χ1n) is 7.04. The second-order valence-electron chi connectivity index (χ2n) is 4.92. The second-order valence-corrected chi connectivity index (χ2v) is 4.92. The fraction of sp³-hybridized carbons (Fsp3) is 0.111. The maximum atomic E-state index is 12.1. The monoisotopic (exact) mass is 292 g/mol. The summed E-state index contributed by atoms with van der Waals surface area (Å²) in [5.74, 6) is 0.107. The number of hydrogen-bond donors (Lipinski definition) is 1. The molecule has 0 saturated heterocycles. The number of methoxy groups -OCH3 is 1. The molecule has 4 heteroatoms. The van der Waals surface area contributed by atoms with Crippen LogP contribution in [0.15, 0.2) is 65.8 Å². The van der Waals surface area contributed by atoms with Gasteiger partial charge in [0.05, 0.1) is 13.5 Å². The van der Waals surface area contributed by atoms with Crippen LogP contribution in [-0.2, 0) is 11.2 Å². The molecular formula is C18H16N2O2. The fourth-order valence-corrected chi connectivity index (χ4v) is 2.36. The zero-order valence-corrected chi connectivity index (χ0v) is 12.2. The standard InChI is InChI=1S/C18H16N2O2/c1-22-17(20-18(21)13-7-3-2-4-8-13)11-14-12-19-16-10-6-5-9-15(14)16/h2-10,12,19H,11H2,1H3. The van der Waals surface area contributed by atoms with Gasteiger partial charge in [-0.1, -0.05) is 36.4 Å². The van der Waals surface area contributed by atoms with Gasteiger partial charge in [0.25, 0.3) is 5.91 Å². The van der Waals surface area contributed by atoms with Gasteiger partial charge in [-0.05, 0) is 23.8 Å². The summed E-state index contributed by atoms with van der Waals surface area (Å²) in [5, 5.41) is 1.11. The molecule has 0 aliphatic carbocycles. The number of carbonyl (C=O) groups excluding carboxylic acids is 1. The summed E-state index contributed by atoms with van der Waals surface area (Å²) >= 11 is 0. The molecule has 3 aromatic rings. The average molecular weight is 292 g/mol. The summed E-state index contributed by atoms with van der Waals surface area (Å²) in [6.45, 7) is 0. The highest BCUT2D eigenvalue weighted by Gasteiger charge is 2.10. The third kappa shape index (κ3) is 2.91. The second kappa shape index (κ2) is 6.26. The Morgan fingerprint density at radius 3 is 2.59 bits per heavy atom. The molecule has 0 aliphatic heterocycles. The maximum absolute atomic E-state index is 12.1. The van der Waals surface area contributed by atoms with E-state index in [4.69, 9.17) is 4.74 Å². The number of aromatic amines is 1. The Hall–Kier alpha value is -2.88. The molecule has 0 radical (unpaired) electrons. The van der Waals surface area contributed by atoms with Gasteiger partial charge in [0.15, 0.2) is 5.90 Å². The van der Waals surface area contributed by atoms with Crippen molar-refractivity contribution in [1.29, 1.82) is 0 Å². The van der Waals surface area contributed by atoms with Crippen LogP contribution in [0.3, 0.4) is 0 Å². The van der Waals surface area contributed by atoms with Crippen LogP contribution in [0, 0.1) is 0 Å². The fourth-order valence-electron chi connectivity index (χ4n) is 2.36. The van der Waals surface area contributed by atoms with E-state index < -0.39 is 0 Å². The maximum Gasteiger partial charge on any atom is 0.279 e. The number of nitrogens with one attached hydrogen (secondary N) is 1. The van der Waals surface area contributed by atoms with Crippen molar-refractivity contribution in [3.63, 3.8) is 0 Å². The Morgan fingerprint density at radius 2 is 1.82 bits per heavy atom. The summed E-state index contributed by atoms with van der Waals surface area (Å²) in [6.07, 6.45) is 2.39. The molecule has 0 aliphatic rings. The number of rotatable bonds is 3. The van der Waals surface area contributed by atoms with E-state index in [9.17, 15) is 4.79 Å². The predicted molar refractivity (Wildman–Crippen MR) is 87.2 cm³/mol. The van der Waals surface area contributed by atoms with Crippen molar-refractivity contribution in [1.82, 2.24) is 4.98 Å². The lowest BCUT2D eigenvalue weighted by Gasteiger charge is -2.04. The quantitative estimate of drug-likeness (QED) is 0.592. The highest BCUT2D eigenvalue weighted by atomic mass is 16.5. The number of amides is 1. The molecule has 4 nitrogen and oxygen atoms in total. The Balaban J connectivity index is 1.85. The summed E-state index contributed by atoms with van der Waals surface area (Å²) in [6, 6.07) is 17.0. The molecule has 110 valence electrons. The van der Waals surface area contributed by atoms with E-state index in [-0.39, 0.29) is 5.91 Å². The third-order valence-corrected chi connectivity index (χ3v) is 3.50. The smallest absolute Gasteiger partial charge is 0.279 e. The lowest BCUT2D eigenvalue weighted by atomic mass is 10.1. The van der Waals surface area contributed by atoms with E-state index in [1.807, 2.05) is 48.7 Å². The van der Waals surface area contributed by atoms with Gasteiger partial charge >= 0.3 is 0 Å². The van der Waals surface area contributed by atoms with Crippen molar-refractivity contribution in [3.05, 3.63) is 71.9 Å². The number of nitrogens with zero attached hydrogens (tertiary/aromatic N) is 1. The molecule has 1 heterocycles. The molecule has 0 saturated carbocycles. The molecule has 0 spiro atoms. The number of para-hydroxylation sites is 1. The third-order valence-electron chi connectivity index (χ3n) is 3.50. The Labute approximate surface area is 128 Å². The minimum Gasteiger partial charge on any atom is -0.484 e. The predicted octanol–water partition coefficient (Wildman–Crippen LogP) is 3.60. The van der Waals surface area contributed by atoms with Crippen molar-refractivity contribution < 1.29 is 9.53 Å². The van der Waals surface area contributed by atoms with Gasteiger partial charge in [-0.15, -0.1) is 0 Å². The summed E-state index contributed by atoms with van der Waals surface area (Å²) in [4.78, 5) is 19.4. The number of aliphatic imine (C=N–C) groups is 1. The summed E-state index contributed by atoms with van der Waals surface area (Å²) < 4.78 is 5.28. The molecule has 1 aromatic heterocycles. The van der Waals surface area contributed by atoms with Crippen molar-refractivity contribution in [2.75, 3.05) is 7.11 Å². The molecule has 1 N–H and O–H groups in total. The van der Waals surface area contributed by atoms with Crippen LogP contribution >= 0.6 is 0 Å². The van der Waals surface area contributed by atoms with E-state index in [0.717, 1.165) is 16.5 Å². The van der Waals surface area contributed by atoms with Gasteiger partial charge in [-0.25, -0.2) is 0 Å². The number of fused-ring (bicyclic) bond motifs is 1. The Kier molecular flexibility index (Phi) is 4.01. The van der Waals surface area contributed by atoms with E-state index >= 15 is 0 Å². The van der Waals surface area contributed by atoms with Crippen LogP contribution in [-0.4, -0.2) is 23.9 Å².